The highest BCUT2D eigenvalue weighted by Crippen LogP contribution is 2.36. The molecule has 0 amide bonds. The van der Waals surface area contributed by atoms with E-state index in [1.807, 2.05) is 0 Å². The van der Waals surface area contributed by atoms with Gasteiger partial charge in [0.25, 0.3) is 0 Å². The highest BCUT2D eigenvalue weighted by Gasteiger charge is 2.51. The largest absolute Gasteiger partial charge is 0.494 e. The smallest absolute Gasteiger partial charge is 0.399 e. The van der Waals surface area contributed by atoms with Gasteiger partial charge in [-0.05, 0) is 89.7 Å². The lowest BCUT2D eigenvalue weighted by Crippen LogP contribution is -2.41. The Morgan fingerprint density at radius 2 is 1.11 bits per heavy atom. The number of ketones is 2. The van der Waals surface area contributed by atoms with Crippen LogP contribution in [0.5, 0.6) is 0 Å². The van der Waals surface area contributed by atoms with Gasteiger partial charge in [0.15, 0.2) is 0 Å². The molecular weight excluding hydrogens is 471 g/mol. The molecule has 0 unspecified atom stereocenters. The Bertz CT molecular complexity index is 1070. The van der Waals surface area contributed by atoms with Gasteiger partial charge in [0.1, 0.15) is 11.6 Å². The molecule has 0 aromatic heterocycles. The monoisotopic (exact) mass is 516 g/mol. The lowest BCUT2D eigenvalue weighted by Gasteiger charge is -2.32. The van der Waals surface area contributed by atoms with Gasteiger partial charge in [-0.3, -0.25) is 9.59 Å². The molecule has 2 atom stereocenters. The third-order valence-corrected chi connectivity index (χ3v) is 8.95. The van der Waals surface area contributed by atoms with E-state index in [1.165, 1.54) is 29.5 Å². The molecular formula is C33H45BO4. The quantitative estimate of drug-likeness (QED) is 0.421. The van der Waals surface area contributed by atoms with E-state index in [-0.39, 0.29) is 24.2 Å². The van der Waals surface area contributed by atoms with E-state index in [4.69, 9.17) is 9.31 Å². The molecule has 1 heterocycles. The summed E-state index contributed by atoms with van der Waals surface area (Å²) >= 11 is 0. The van der Waals surface area contributed by atoms with Crippen LogP contribution in [0, 0.1) is 18.8 Å². The Hall–Kier alpha value is -2.24. The molecule has 0 N–H and O–H groups in total. The molecule has 0 spiro atoms. The van der Waals surface area contributed by atoms with Gasteiger partial charge < -0.3 is 9.31 Å². The molecule has 5 rings (SSSR count). The van der Waals surface area contributed by atoms with Crippen LogP contribution in [-0.4, -0.2) is 29.9 Å². The van der Waals surface area contributed by atoms with Crippen molar-refractivity contribution in [2.45, 2.75) is 110 Å². The van der Waals surface area contributed by atoms with Crippen molar-refractivity contribution >= 4 is 24.1 Å². The van der Waals surface area contributed by atoms with Gasteiger partial charge in [0.2, 0.25) is 0 Å². The number of hydrogen-bond acceptors (Lipinski definition) is 4. The maximum absolute atomic E-state index is 12.0. The second-order valence-corrected chi connectivity index (χ2v) is 12.5. The molecule has 4 nitrogen and oxygen atoms in total. The summed E-state index contributed by atoms with van der Waals surface area (Å²) in [6.07, 6.45) is 10.1. The third-order valence-electron chi connectivity index (χ3n) is 8.95. The first-order chi connectivity index (χ1) is 18.0. The summed E-state index contributed by atoms with van der Waals surface area (Å²) in [4.78, 5) is 23.6. The minimum atomic E-state index is -0.315. The van der Waals surface area contributed by atoms with Crippen LogP contribution in [0.15, 0.2) is 48.5 Å². The average Bonchev–Trinajstić information content (AvgIpc) is 3.11. The molecule has 5 heteroatoms. The zero-order valence-corrected chi connectivity index (χ0v) is 24.1. The molecule has 1 saturated heterocycles. The summed E-state index contributed by atoms with van der Waals surface area (Å²) in [5.41, 5.74) is 4.23. The van der Waals surface area contributed by atoms with Gasteiger partial charge in [-0.1, -0.05) is 66.9 Å². The topological polar surface area (TPSA) is 52.6 Å². The van der Waals surface area contributed by atoms with Gasteiger partial charge in [-0.15, -0.1) is 0 Å². The Morgan fingerprint density at radius 1 is 0.684 bits per heavy atom. The maximum atomic E-state index is 12.0. The fourth-order valence-electron chi connectivity index (χ4n) is 5.63. The predicted molar refractivity (Wildman–Crippen MR) is 155 cm³/mol. The third kappa shape index (κ3) is 7.24. The molecule has 2 aliphatic carbocycles. The molecule has 38 heavy (non-hydrogen) atoms. The first-order valence-corrected chi connectivity index (χ1v) is 14.6. The highest BCUT2D eigenvalue weighted by molar-refractivity contribution is 6.62. The summed E-state index contributed by atoms with van der Waals surface area (Å²) in [5.74, 6) is 1.42. The molecule has 2 aromatic carbocycles. The number of Topliss-reactive ketones (excluding diaryl/α,β-unsaturated/α-hetero) is 2. The van der Waals surface area contributed by atoms with Crippen LogP contribution in [0.3, 0.4) is 0 Å². The van der Waals surface area contributed by atoms with E-state index in [2.05, 4.69) is 83.1 Å². The Labute approximate surface area is 230 Å². The SMILES string of the molecule is CC1(C)OB(c2ccc(C[C@H]3CCCCC3=O)cc2)OC1(C)C.Cc1ccc(C[C@H]2CCCCC2=O)cc1. The second-order valence-electron chi connectivity index (χ2n) is 12.5. The predicted octanol–water partition coefficient (Wildman–Crippen LogP) is 6.58. The molecule has 0 radical (unpaired) electrons. The van der Waals surface area contributed by atoms with Crippen LogP contribution in [0.4, 0.5) is 0 Å². The number of benzene rings is 2. The molecule has 3 aliphatic rings. The second kappa shape index (κ2) is 12.3. The van der Waals surface area contributed by atoms with Crippen molar-refractivity contribution in [3.05, 3.63) is 65.2 Å². The van der Waals surface area contributed by atoms with Crippen molar-refractivity contribution in [1.82, 2.24) is 0 Å². The Balaban J connectivity index is 0.000000194. The number of carbonyl (C=O) groups excluding carboxylic acids is 2. The fourth-order valence-corrected chi connectivity index (χ4v) is 5.63. The van der Waals surface area contributed by atoms with Gasteiger partial charge >= 0.3 is 7.12 Å². The van der Waals surface area contributed by atoms with E-state index in [1.54, 1.807) is 0 Å². The first-order valence-electron chi connectivity index (χ1n) is 14.6. The highest BCUT2D eigenvalue weighted by atomic mass is 16.7. The first kappa shape index (κ1) is 28.8. The number of rotatable bonds is 5. The molecule has 3 fully saturated rings. The summed E-state index contributed by atoms with van der Waals surface area (Å²) in [5, 5.41) is 0. The van der Waals surface area contributed by atoms with Crippen LogP contribution < -0.4 is 5.46 Å². The Kier molecular flexibility index (Phi) is 9.31. The summed E-state index contributed by atoms with van der Waals surface area (Å²) in [6.45, 7) is 10.4. The van der Waals surface area contributed by atoms with Crippen molar-refractivity contribution in [2.75, 3.05) is 0 Å². The minimum Gasteiger partial charge on any atom is -0.399 e. The number of aryl methyl sites for hydroxylation is 1. The fraction of sp³-hybridized carbons (Fsp3) is 0.576. The van der Waals surface area contributed by atoms with E-state index in [0.717, 1.165) is 56.8 Å². The van der Waals surface area contributed by atoms with Crippen molar-refractivity contribution in [3.8, 4) is 0 Å². The van der Waals surface area contributed by atoms with E-state index < -0.39 is 0 Å². The summed E-state index contributed by atoms with van der Waals surface area (Å²) < 4.78 is 12.2. The summed E-state index contributed by atoms with van der Waals surface area (Å²) in [7, 11) is -0.314. The van der Waals surface area contributed by atoms with E-state index >= 15 is 0 Å². The van der Waals surface area contributed by atoms with Crippen LogP contribution in [0.25, 0.3) is 0 Å². The van der Waals surface area contributed by atoms with Crippen molar-refractivity contribution in [1.29, 1.82) is 0 Å². The van der Waals surface area contributed by atoms with Gasteiger partial charge in [-0.25, -0.2) is 0 Å². The number of hydrogen-bond donors (Lipinski definition) is 0. The van der Waals surface area contributed by atoms with Crippen LogP contribution >= 0.6 is 0 Å². The molecule has 204 valence electrons. The number of carbonyl (C=O) groups is 2. The van der Waals surface area contributed by atoms with Crippen molar-refractivity contribution < 1.29 is 18.9 Å². The average molecular weight is 517 g/mol. The maximum Gasteiger partial charge on any atom is 0.494 e. The van der Waals surface area contributed by atoms with Crippen LogP contribution in [0.1, 0.15) is 95.8 Å². The minimum absolute atomic E-state index is 0.214. The standard InChI is InChI=1S/C19H27BO3.C14H18O/c1-18(2)19(3,4)23-20(22-18)16-11-9-14(10-12-16)13-15-7-5-6-8-17(15)21;1-11-6-8-12(9-7-11)10-13-4-2-3-5-14(13)15/h9-12,15H,5-8,13H2,1-4H3;6-9,13H,2-5,10H2,1H3/t15-;13-/m11/s1. The van der Waals surface area contributed by atoms with E-state index in [9.17, 15) is 9.59 Å². The summed E-state index contributed by atoms with van der Waals surface area (Å²) in [6, 6.07) is 16.9. The zero-order valence-electron chi connectivity index (χ0n) is 24.1. The van der Waals surface area contributed by atoms with Gasteiger partial charge in [0.05, 0.1) is 11.2 Å². The van der Waals surface area contributed by atoms with Gasteiger partial charge in [0, 0.05) is 24.7 Å². The van der Waals surface area contributed by atoms with Crippen molar-refractivity contribution in [2.24, 2.45) is 11.8 Å². The molecule has 1 aliphatic heterocycles. The van der Waals surface area contributed by atoms with Gasteiger partial charge in [-0.2, -0.15) is 0 Å². The molecule has 2 aromatic rings. The van der Waals surface area contributed by atoms with E-state index in [0.29, 0.717) is 17.5 Å². The van der Waals surface area contributed by atoms with Crippen molar-refractivity contribution in [3.63, 3.8) is 0 Å². The van der Waals surface area contributed by atoms with Crippen LogP contribution in [0.2, 0.25) is 0 Å². The Morgan fingerprint density at radius 3 is 1.53 bits per heavy atom. The zero-order chi connectivity index (χ0) is 27.3. The van der Waals surface area contributed by atoms with Crippen LogP contribution in [-0.2, 0) is 31.7 Å². The lowest BCUT2D eigenvalue weighted by atomic mass is 9.78. The lowest BCUT2D eigenvalue weighted by molar-refractivity contribution is -0.125. The molecule has 2 saturated carbocycles. The normalized spacial score (nSPS) is 24.6. The molecule has 0 bridgehead atoms.